The summed E-state index contributed by atoms with van der Waals surface area (Å²) in [4.78, 5) is 9.18. The van der Waals surface area contributed by atoms with E-state index < -0.39 is 0 Å². The summed E-state index contributed by atoms with van der Waals surface area (Å²) in [5.74, 6) is 2.60. The SMILES string of the molecule is Cc1cccc(C)c1-c1cnc2c3cc(Oc4cccc(Oc5ccccn5)c4)ccc3c3ccccc3n12. The van der Waals surface area contributed by atoms with Gasteiger partial charge in [0, 0.05) is 34.7 Å². The lowest BCUT2D eigenvalue weighted by atomic mass is 10.00. The monoisotopic (exact) mass is 507 g/mol. The zero-order valence-corrected chi connectivity index (χ0v) is 21.6. The lowest BCUT2D eigenvalue weighted by Crippen LogP contribution is -1.96. The maximum absolute atomic E-state index is 6.32. The van der Waals surface area contributed by atoms with E-state index in [-0.39, 0.29) is 0 Å². The third kappa shape index (κ3) is 4.05. The van der Waals surface area contributed by atoms with E-state index in [0.717, 1.165) is 33.4 Å². The van der Waals surface area contributed by atoms with Crippen LogP contribution < -0.4 is 9.47 Å². The standard InChI is InChI=1S/C34H25N3O2/c1-22-9-7-10-23(2)33(22)31-21-36-34-29-20-26(16-17-27(29)28-13-3-4-14-30(28)37(31)34)38-24-11-8-12-25(19-24)39-32-15-5-6-18-35-32/h3-21H,1-2H3. The smallest absolute Gasteiger partial charge is 0.219 e. The van der Waals surface area contributed by atoms with Crippen LogP contribution in [0.3, 0.4) is 0 Å². The van der Waals surface area contributed by atoms with Crippen LogP contribution in [0.2, 0.25) is 0 Å². The minimum atomic E-state index is 0.536. The van der Waals surface area contributed by atoms with Gasteiger partial charge in [0.15, 0.2) is 0 Å². The van der Waals surface area contributed by atoms with E-state index in [2.05, 4.69) is 77.8 Å². The summed E-state index contributed by atoms with van der Waals surface area (Å²) in [6, 6.07) is 34.3. The first-order chi connectivity index (χ1) is 19.2. The highest BCUT2D eigenvalue weighted by atomic mass is 16.5. The lowest BCUT2D eigenvalue weighted by molar-refractivity contribution is 0.449. The van der Waals surface area contributed by atoms with E-state index in [0.29, 0.717) is 17.4 Å². The molecule has 7 rings (SSSR count). The Morgan fingerprint density at radius 1 is 0.590 bits per heavy atom. The number of fused-ring (bicyclic) bond motifs is 6. The second-order valence-corrected chi connectivity index (χ2v) is 9.64. The normalized spacial score (nSPS) is 11.3. The Balaban J connectivity index is 1.36. The number of nitrogens with zero attached hydrogens (tertiary/aromatic N) is 3. The Morgan fingerprint density at radius 3 is 2.15 bits per heavy atom. The molecule has 3 heterocycles. The highest BCUT2D eigenvalue weighted by Gasteiger charge is 2.17. The van der Waals surface area contributed by atoms with Crippen LogP contribution >= 0.6 is 0 Å². The summed E-state index contributed by atoms with van der Waals surface area (Å²) in [5, 5.41) is 3.34. The van der Waals surface area contributed by atoms with Crippen molar-refractivity contribution in [3.05, 3.63) is 127 Å². The molecule has 0 radical (unpaired) electrons. The van der Waals surface area contributed by atoms with Crippen LogP contribution in [0.5, 0.6) is 23.1 Å². The van der Waals surface area contributed by atoms with Gasteiger partial charge in [-0.15, -0.1) is 0 Å². The van der Waals surface area contributed by atoms with Crippen LogP contribution in [0.4, 0.5) is 0 Å². The first kappa shape index (κ1) is 23.0. The van der Waals surface area contributed by atoms with Crippen molar-refractivity contribution in [2.45, 2.75) is 13.8 Å². The predicted molar refractivity (Wildman–Crippen MR) is 156 cm³/mol. The number of rotatable bonds is 5. The van der Waals surface area contributed by atoms with Crippen molar-refractivity contribution < 1.29 is 9.47 Å². The number of benzene rings is 4. The van der Waals surface area contributed by atoms with Crippen molar-refractivity contribution in [2.24, 2.45) is 0 Å². The molecule has 0 aliphatic heterocycles. The lowest BCUT2D eigenvalue weighted by Gasteiger charge is -2.14. The van der Waals surface area contributed by atoms with Gasteiger partial charge in [0.1, 0.15) is 22.9 Å². The Morgan fingerprint density at radius 2 is 1.33 bits per heavy atom. The summed E-state index contributed by atoms with van der Waals surface area (Å²) < 4.78 is 14.5. The molecule has 188 valence electrons. The molecule has 0 saturated carbocycles. The van der Waals surface area contributed by atoms with Gasteiger partial charge in [-0.2, -0.15) is 0 Å². The van der Waals surface area contributed by atoms with Gasteiger partial charge in [0.2, 0.25) is 5.88 Å². The Bertz CT molecular complexity index is 1970. The van der Waals surface area contributed by atoms with Crippen LogP contribution in [0.1, 0.15) is 11.1 Å². The molecule has 5 heteroatoms. The van der Waals surface area contributed by atoms with Crippen LogP contribution in [-0.2, 0) is 0 Å². The summed E-state index contributed by atoms with van der Waals surface area (Å²) in [5.41, 5.74) is 6.79. The number of hydrogen-bond donors (Lipinski definition) is 0. The van der Waals surface area contributed by atoms with Gasteiger partial charge in [-0.1, -0.05) is 48.5 Å². The molecule has 39 heavy (non-hydrogen) atoms. The van der Waals surface area contributed by atoms with Crippen LogP contribution in [-0.4, -0.2) is 14.4 Å². The molecule has 0 saturated heterocycles. The second kappa shape index (κ2) is 9.30. The van der Waals surface area contributed by atoms with Crippen molar-refractivity contribution in [2.75, 3.05) is 0 Å². The number of pyridine rings is 2. The van der Waals surface area contributed by atoms with Crippen molar-refractivity contribution in [1.29, 1.82) is 0 Å². The van der Waals surface area contributed by atoms with Gasteiger partial charge in [0.25, 0.3) is 0 Å². The molecule has 0 fully saturated rings. The van der Waals surface area contributed by atoms with Crippen molar-refractivity contribution in [3.8, 4) is 34.4 Å². The van der Waals surface area contributed by atoms with Gasteiger partial charge >= 0.3 is 0 Å². The maximum Gasteiger partial charge on any atom is 0.219 e. The van der Waals surface area contributed by atoms with Gasteiger partial charge in [0.05, 0.1) is 17.4 Å². The molecule has 4 aromatic carbocycles. The maximum atomic E-state index is 6.32. The Kier molecular flexibility index (Phi) is 5.48. The molecule has 0 aliphatic rings. The molecule has 3 aromatic heterocycles. The number of imidazole rings is 1. The fourth-order valence-corrected chi connectivity index (χ4v) is 5.35. The summed E-state index contributed by atoms with van der Waals surface area (Å²) in [6.07, 6.45) is 3.69. The molecule has 0 amide bonds. The first-order valence-corrected chi connectivity index (χ1v) is 12.9. The summed E-state index contributed by atoms with van der Waals surface area (Å²) >= 11 is 0. The predicted octanol–water partition coefficient (Wildman–Crippen LogP) is 8.90. The molecule has 0 unspecified atom stereocenters. The average molecular weight is 508 g/mol. The first-order valence-electron chi connectivity index (χ1n) is 12.9. The number of para-hydroxylation sites is 1. The Labute approximate surface area is 225 Å². The van der Waals surface area contributed by atoms with E-state index in [1.54, 1.807) is 6.20 Å². The molecular weight excluding hydrogens is 482 g/mol. The summed E-state index contributed by atoms with van der Waals surface area (Å²) in [7, 11) is 0. The zero-order valence-electron chi connectivity index (χ0n) is 21.6. The number of aryl methyl sites for hydroxylation is 2. The van der Waals surface area contributed by atoms with Gasteiger partial charge in [-0.05, 0) is 72.8 Å². The van der Waals surface area contributed by atoms with E-state index >= 15 is 0 Å². The molecular formula is C34H25N3O2. The van der Waals surface area contributed by atoms with Gasteiger partial charge in [-0.25, -0.2) is 9.97 Å². The molecule has 0 aliphatic carbocycles. The van der Waals surface area contributed by atoms with Crippen LogP contribution in [0.25, 0.3) is 38.6 Å². The minimum Gasteiger partial charge on any atom is -0.457 e. The van der Waals surface area contributed by atoms with Gasteiger partial charge in [-0.3, -0.25) is 4.40 Å². The van der Waals surface area contributed by atoms with Gasteiger partial charge < -0.3 is 9.47 Å². The summed E-state index contributed by atoms with van der Waals surface area (Å²) in [6.45, 7) is 4.31. The van der Waals surface area contributed by atoms with Crippen molar-refractivity contribution >= 4 is 27.3 Å². The molecule has 0 spiro atoms. The van der Waals surface area contributed by atoms with Crippen molar-refractivity contribution in [1.82, 2.24) is 14.4 Å². The third-order valence-electron chi connectivity index (χ3n) is 7.07. The number of aromatic nitrogens is 3. The number of ether oxygens (including phenoxy) is 2. The topological polar surface area (TPSA) is 48.7 Å². The fraction of sp³-hybridized carbons (Fsp3) is 0.0588. The van der Waals surface area contributed by atoms with E-state index in [4.69, 9.17) is 14.5 Å². The fourth-order valence-electron chi connectivity index (χ4n) is 5.35. The molecule has 7 aromatic rings. The highest BCUT2D eigenvalue weighted by Crippen LogP contribution is 2.37. The van der Waals surface area contributed by atoms with E-state index in [9.17, 15) is 0 Å². The quantitative estimate of drug-likeness (QED) is 0.218. The molecule has 5 nitrogen and oxygen atoms in total. The molecule has 0 N–H and O–H groups in total. The third-order valence-corrected chi connectivity index (χ3v) is 7.07. The zero-order chi connectivity index (χ0) is 26.3. The van der Waals surface area contributed by atoms with E-state index in [1.165, 1.54) is 22.1 Å². The second-order valence-electron chi connectivity index (χ2n) is 9.64. The van der Waals surface area contributed by atoms with E-state index in [1.807, 2.05) is 54.7 Å². The highest BCUT2D eigenvalue weighted by molar-refractivity contribution is 6.12. The molecule has 0 bridgehead atoms. The largest absolute Gasteiger partial charge is 0.457 e. The van der Waals surface area contributed by atoms with Crippen molar-refractivity contribution in [3.63, 3.8) is 0 Å². The minimum absolute atomic E-state index is 0.536. The Hall–Kier alpha value is -5.16. The van der Waals surface area contributed by atoms with Crippen LogP contribution in [0, 0.1) is 13.8 Å². The van der Waals surface area contributed by atoms with Crippen LogP contribution in [0.15, 0.2) is 116 Å². The average Bonchev–Trinajstić information content (AvgIpc) is 3.39. The number of hydrogen-bond acceptors (Lipinski definition) is 4. The molecule has 0 atom stereocenters.